The Morgan fingerprint density at radius 3 is 2.59 bits per heavy atom. The summed E-state index contributed by atoms with van der Waals surface area (Å²) in [4.78, 5) is 0. The van der Waals surface area contributed by atoms with E-state index in [1.165, 1.54) is 0 Å². The Bertz CT molecular complexity index is 757. The number of nitriles is 1. The van der Waals surface area contributed by atoms with Crippen LogP contribution in [0.4, 0.5) is 0 Å². The Balaban J connectivity index is 2.09. The molecule has 0 aliphatic carbocycles. The van der Waals surface area contributed by atoms with E-state index < -0.39 is 0 Å². The fourth-order valence-corrected chi connectivity index (χ4v) is 2.67. The molecule has 1 atom stereocenters. The van der Waals surface area contributed by atoms with Crippen LogP contribution >= 0.6 is 0 Å². The fourth-order valence-electron chi connectivity index (χ4n) is 2.67. The topological polar surface area (TPSA) is 68.3 Å². The SMILES string of the molecule is CCOc1ccc([C@@H]2C(C#N)=C(N)Oc3ccccc32)cc1. The van der Waals surface area contributed by atoms with E-state index in [9.17, 15) is 5.26 Å². The quantitative estimate of drug-likeness (QED) is 0.942. The summed E-state index contributed by atoms with van der Waals surface area (Å²) in [7, 11) is 0. The van der Waals surface area contributed by atoms with Gasteiger partial charge in [-0.2, -0.15) is 5.26 Å². The molecule has 0 amide bonds. The Morgan fingerprint density at radius 1 is 1.18 bits per heavy atom. The molecule has 0 unspecified atom stereocenters. The van der Waals surface area contributed by atoms with Crippen molar-refractivity contribution in [2.24, 2.45) is 5.73 Å². The maximum Gasteiger partial charge on any atom is 0.205 e. The number of para-hydroxylation sites is 1. The molecule has 1 aliphatic rings. The van der Waals surface area contributed by atoms with Crippen LogP contribution in [0.15, 0.2) is 60.0 Å². The van der Waals surface area contributed by atoms with E-state index in [4.69, 9.17) is 15.2 Å². The molecule has 0 fully saturated rings. The van der Waals surface area contributed by atoms with Crippen LogP contribution < -0.4 is 15.2 Å². The van der Waals surface area contributed by atoms with Crippen LogP contribution in [0.1, 0.15) is 24.0 Å². The van der Waals surface area contributed by atoms with Crippen molar-refractivity contribution in [1.29, 1.82) is 5.26 Å². The zero-order valence-corrected chi connectivity index (χ0v) is 12.2. The van der Waals surface area contributed by atoms with Gasteiger partial charge in [-0.1, -0.05) is 30.3 Å². The van der Waals surface area contributed by atoms with Crippen LogP contribution in [0.2, 0.25) is 0 Å². The summed E-state index contributed by atoms with van der Waals surface area (Å²) in [5.41, 5.74) is 8.28. The third-order valence-corrected chi connectivity index (χ3v) is 3.65. The van der Waals surface area contributed by atoms with Gasteiger partial charge in [-0.3, -0.25) is 0 Å². The van der Waals surface area contributed by atoms with Gasteiger partial charge in [-0.25, -0.2) is 0 Å². The molecule has 0 saturated carbocycles. The van der Waals surface area contributed by atoms with Gasteiger partial charge in [-0.05, 0) is 30.7 Å². The summed E-state index contributed by atoms with van der Waals surface area (Å²) in [5.74, 6) is 1.45. The molecule has 4 heteroatoms. The smallest absolute Gasteiger partial charge is 0.205 e. The Labute approximate surface area is 129 Å². The zero-order chi connectivity index (χ0) is 15.5. The van der Waals surface area contributed by atoms with E-state index in [1.54, 1.807) is 0 Å². The molecule has 2 N–H and O–H groups in total. The van der Waals surface area contributed by atoms with Crippen LogP contribution in [-0.2, 0) is 0 Å². The van der Waals surface area contributed by atoms with Crippen LogP contribution in [0.3, 0.4) is 0 Å². The van der Waals surface area contributed by atoms with Crippen molar-refractivity contribution >= 4 is 0 Å². The third kappa shape index (κ3) is 2.38. The lowest BCUT2D eigenvalue weighted by atomic mass is 9.83. The molecule has 0 spiro atoms. The van der Waals surface area contributed by atoms with Gasteiger partial charge < -0.3 is 15.2 Å². The summed E-state index contributed by atoms with van der Waals surface area (Å²) in [5, 5.41) is 9.47. The third-order valence-electron chi connectivity index (χ3n) is 3.65. The van der Waals surface area contributed by atoms with Crippen molar-refractivity contribution in [2.45, 2.75) is 12.8 Å². The predicted molar refractivity (Wildman–Crippen MR) is 83.4 cm³/mol. The first-order valence-corrected chi connectivity index (χ1v) is 7.14. The Morgan fingerprint density at radius 2 is 1.91 bits per heavy atom. The monoisotopic (exact) mass is 292 g/mol. The first-order valence-electron chi connectivity index (χ1n) is 7.14. The van der Waals surface area contributed by atoms with E-state index in [2.05, 4.69) is 6.07 Å². The number of hydrogen-bond acceptors (Lipinski definition) is 4. The number of nitrogens with two attached hydrogens (primary N) is 1. The van der Waals surface area contributed by atoms with E-state index >= 15 is 0 Å². The van der Waals surface area contributed by atoms with Gasteiger partial charge >= 0.3 is 0 Å². The van der Waals surface area contributed by atoms with E-state index in [1.807, 2.05) is 55.5 Å². The summed E-state index contributed by atoms with van der Waals surface area (Å²) in [6, 6.07) is 17.5. The second-order valence-electron chi connectivity index (χ2n) is 4.96. The maximum atomic E-state index is 9.47. The second kappa shape index (κ2) is 5.82. The zero-order valence-electron chi connectivity index (χ0n) is 12.2. The molecule has 0 saturated heterocycles. The molecule has 110 valence electrons. The predicted octanol–water partition coefficient (Wildman–Crippen LogP) is 3.30. The molecular weight excluding hydrogens is 276 g/mol. The highest BCUT2D eigenvalue weighted by molar-refractivity contribution is 5.55. The van der Waals surface area contributed by atoms with Crippen molar-refractivity contribution in [3.05, 3.63) is 71.1 Å². The lowest BCUT2D eigenvalue weighted by Gasteiger charge is -2.26. The summed E-state index contributed by atoms with van der Waals surface area (Å²) < 4.78 is 11.0. The number of fused-ring (bicyclic) bond motifs is 1. The lowest BCUT2D eigenvalue weighted by Crippen LogP contribution is -2.20. The van der Waals surface area contributed by atoms with Crippen LogP contribution in [0.25, 0.3) is 0 Å². The van der Waals surface area contributed by atoms with Crippen molar-refractivity contribution in [3.8, 4) is 17.6 Å². The van der Waals surface area contributed by atoms with Crippen molar-refractivity contribution in [2.75, 3.05) is 6.61 Å². The van der Waals surface area contributed by atoms with Gasteiger partial charge in [0.2, 0.25) is 5.88 Å². The molecule has 0 bridgehead atoms. The highest BCUT2D eigenvalue weighted by atomic mass is 16.5. The molecule has 0 aromatic heterocycles. The molecule has 4 nitrogen and oxygen atoms in total. The second-order valence-corrected chi connectivity index (χ2v) is 4.96. The first kappa shape index (κ1) is 14.0. The minimum Gasteiger partial charge on any atom is -0.494 e. The largest absolute Gasteiger partial charge is 0.494 e. The number of nitrogens with zero attached hydrogens (tertiary/aromatic N) is 1. The van der Waals surface area contributed by atoms with Crippen LogP contribution in [0, 0.1) is 11.3 Å². The molecule has 2 aromatic rings. The van der Waals surface area contributed by atoms with Gasteiger partial charge in [0.15, 0.2) is 0 Å². The maximum absolute atomic E-state index is 9.47. The number of rotatable bonds is 3. The van der Waals surface area contributed by atoms with E-state index in [0.29, 0.717) is 17.9 Å². The fraction of sp³-hybridized carbons (Fsp3) is 0.167. The average molecular weight is 292 g/mol. The standard InChI is InChI=1S/C18H16N2O2/c1-2-21-13-9-7-12(8-10-13)17-14-5-3-4-6-16(14)22-18(20)15(17)11-19/h3-10,17H,2,20H2,1H3/t17-/m0/s1. The van der Waals surface area contributed by atoms with Crippen molar-refractivity contribution in [1.82, 2.24) is 0 Å². The minimum absolute atomic E-state index is 0.167. The van der Waals surface area contributed by atoms with Crippen LogP contribution in [0.5, 0.6) is 11.5 Å². The molecule has 1 heterocycles. The molecule has 2 aromatic carbocycles. The van der Waals surface area contributed by atoms with Gasteiger partial charge in [0.1, 0.15) is 23.1 Å². The molecule has 0 radical (unpaired) electrons. The van der Waals surface area contributed by atoms with E-state index in [-0.39, 0.29) is 11.8 Å². The first-order chi connectivity index (χ1) is 10.7. The Hall–Kier alpha value is -2.93. The average Bonchev–Trinajstić information content (AvgIpc) is 2.55. The number of ether oxygens (including phenoxy) is 2. The summed E-state index contributed by atoms with van der Waals surface area (Å²) in [6.45, 7) is 2.57. The Kier molecular flexibility index (Phi) is 3.71. The van der Waals surface area contributed by atoms with Gasteiger partial charge in [0.25, 0.3) is 0 Å². The highest BCUT2D eigenvalue weighted by Gasteiger charge is 2.30. The minimum atomic E-state index is -0.217. The molecule has 1 aliphatic heterocycles. The summed E-state index contributed by atoms with van der Waals surface area (Å²) >= 11 is 0. The normalized spacial score (nSPS) is 16.5. The van der Waals surface area contributed by atoms with Crippen molar-refractivity contribution in [3.63, 3.8) is 0 Å². The number of hydrogen-bond donors (Lipinski definition) is 1. The molecule has 22 heavy (non-hydrogen) atoms. The number of benzene rings is 2. The number of allylic oxidation sites excluding steroid dienone is 1. The van der Waals surface area contributed by atoms with E-state index in [0.717, 1.165) is 16.9 Å². The van der Waals surface area contributed by atoms with Crippen molar-refractivity contribution < 1.29 is 9.47 Å². The molecule has 3 rings (SSSR count). The van der Waals surface area contributed by atoms with Crippen LogP contribution in [-0.4, -0.2) is 6.61 Å². The highest BCUT2D eigenvalue weighted by Crippen LogP contribution is 2.41. The molecular formula is C18H16N2O2. The van der Waals surface area contributed by atoms with Gasteiger partial charge in [0, 0.05) is 5.56 Å². The summed E-state index contributed by atoms with van der Waals surface area (Å²) in [6.07, 6.45) is 0. The lowest BCUT2D eigenvalue weighted by molar-refractivity contribution is 0.340. The van der Waals surface area contributed by atoms with Gasteiger partial charge in [0.05, 0.1) is 12.5 Å². The van der Waals surface area contributed by atoms with Gasteiger partial charge in [-0.15, -0.1) is 0 Å².